The van der Waals surface area contributed by atoms with Crippen LogP contribution in [-0.4, -0.2) is 37.2 Å². The number of rotatable bonds is 59. The van der Waals surface area contributed by atoms with Gasteiger partial charge in [0.05, 0.1) is 0 Å². The van der Waals surface area contributed by atoms with Crippen LogP contribution in [0.1, 0.15) is 290 Å². The number of hydrogen-bond donors (Lipinski definition) is 0. The average molecular weight is 1120 g/mol. The van der Waals surface area contributed by atoms with E-state index in [9.17, 15) is 14.4 Å². The summed E-state index contributed by atoms with van der Waals surface area (Å²) in [5.74, 6) is -0.931. The van der Waals surface area contributed by atoms with Gasteiger partial charge in [0.15, 0.2) is 6.10 Å². The molecule has 0 aromatic carbocycles. The van der Waals surface area contributed by atoms with Gasteiger partial charge >= 0.3 is 17.9 Å². The second kappa shape index (κ2) is 67.8. The largest absolute Gasteiger partial charge is 0.462 e. The van der Waals surface area contributed by atoms with Gasteiger partial charge in [0.1, 0.15) is 13.2 Å². The first-order valence-electron chi connectivity index (χ1n) is 33.3. The van der Waals surface area contributed by atoms with Crippen LogP contribution in [0.5, 0.6) is 0 Å². The van der Waals surface area contributed by atoms with Crippen LogP contribution < -0.4 is 0 Å². The first-order chi connectivity index (χ1) is 40.0. The lowest BCUT2D eigenvalue weighted by Gasteiger charge is -2.18. The minimum absolute atomic E-state index is 0.0933. The minimum Gasteiger partial charge on any atom is -0.462 e. The van der Waals surface area contributed by atoms with Crippen molar-refractivity contribution in [1.29, 1.82) is 0 Å². The highest BCUT2D eigenvalue weighted by atomic mass is 16.6. The Morgan fingerprint density at radius 3 is 0.790 bits per heavy atom. The Morgan fingerprint density at radius 1 is 0.259 bits per heavy atom. The zero-order valence-electron chi connectivity index (χ0n) is 52.5. The normalized spacial score (nSPS) is 13.1. The summed E-state index contributed by atoms with van der Waals surface area (Å²) in [6.07, 6.45) is 97.2. The van der Waals surface area contributed by atoms with Crippen LogP contribution in [0.4, 0.5) is 0 Å². The van der Waals surface area contributed by atoms with E-state index in [-0.39, 0.29) is 31.1 Å². The van der Waals surface area contributed by atoms with Crippen LogP contribution in [0.15, 0.2) is 146 Å². The summed E-state index contributed by atoms with van der Waals surface area (Å²) in [6.45, 7) is 6.46. The molecule has 0 bridgehead atoms. The van der Waals surface area contributed by atoms with Crippen molar-refractivity contribution in [1.82, 2.24) is 0 Å². The molecule has 6 nitrogen and oxygen atoms in total. The molecule has 0 aromatic rings. The standard InChI is InChI=1S/C75H122O6/c1-4-7-10-13-16-19-22-25-28-29-30-31-32-33-34-35-36-37-38-39-40-41-42-43-44-45-46-47-48-51-53-56-59-62-65-68-74(77)80-71-72(81-75(78)69-66-63-60-57-54-50-27-24-21-18-15-12-9-6-3)70-79-73(76)67-64-61-58-55-52-49-26-23-20-17-14-11-8-5-2/h7,10,15-16,18-19,24-25,27-28,30-31,33-34,36-37,39-40,42-43,45-46,48,51,72H,4-6,8-9,11-14,17,20-23,26,29,32,35,38,41,44,47,49-50,52-71H2,1-3H3/b10-7-,18-15-,19-16-,27-24-,28-25-,31-30-,34-33-,37-36-,40-39-,43-42-,46-45-,51-48-. The number of carbonyl (C=O) groups is 3. The van der Waals surface area contributed by atoms with Gasteiger partial charge in [-0.2, -0.15) is 0 Å². The SMILES string of the molecule is CC/C=C\C/C=C\C/C=C\C/C=C\C/C=C\C/C=C\C/C=C\C/C=C\C/C=C\C/C=C\CCCCCCC(=O)OCC(COC(=O)CCCCCCCCCCCCCCCC)OC(=O)CCCCCCC/C=C\C/C=C\CCCC. The smallest absolute Gasteiger partial charge is 0.306 e. The lowest BCUT2D eigenvalue weighted by atomic mass is 10.0. The summed E-state index contributed by atoms with van der Waals surface area (Å²) >= 11 is 0. The molecule has 6 heteroatoms. The van der Waals surface area contributed by atoms with Crippen LogP contribution in [0, 0.1) is 0 Å². The Kier molecular flexibility index (Phi) is 63.9. The molecule has 458 valence electrons. The van der Waals surface area contributed by atoms with Crippen LogP contribution in [0.2, 0.25) is 0 Å². The summed E-state index contributed by atoms with van der Waals surface area (Å²) in [5, 5.41) is 0. The molecule has 0 N–H and O–H groups in total. The lowest BCUT2D eigenvalue weighted by molar-refractivity contribution is -0.167. The highest BCUT2D eigenvalue weighted by molar-refractivity contribution is 5.71. The van der Waals surface area contributed by atoms with E-state index < -0.39 is 6.10 Å². The zero-order chi connectivity index (χ0) is 58.5. The summed E-state index contributed by atoms with van der Waals surface area (Å²) < 4.78 is 16.9. The molecular weight excluding hydrogens is 997 g/mol. The Labute approximate surface area is 499 Å². The van der Waals surface area contributed by atoms with Gasteiger partial charge in [0.25, 0.3) is 0 Å². The molecule has 0 aliphatic carbocycles. The molecule has 0 heterocycles. The van der Waals surface area contributed by atoms with E-state index in [4.69, 9.17) is 14.2 Å². The van der Waals surface area contributed by atoms with Crippen molar-refractivity contribution in [2.24, 2.45) is 0 Å². The third kappa shape index (κ3) is 66.0. The predicted molar refractivity (Wildman–Crippen MR) is 352 cm³/mol. The number of hydrogen-bond acceptors (Lipinski definition) is 6. The lowest BCUT2D eigenvalue weighted by Crippen LogP contribution is -2.30. The molecule has 0 saturated carbocycles. The third-order valence-corrected chi connectivity index (χ3v) is 13.8. The number of esters is 3. The van der Waals surface area contributed by atoms with Gasteiger partial charge in [-0.3, -0.25) is 14.4 Å². The average Bonchev–Trinajstić information content (AvgIpc) is 3.47. The molecule has 0 fully saturated rings. The number of ether oxygens (including phenoxy) is 3. The van der Waals surface area contributed by atoms with Crippen molar-refractivity contribution in [3.63, 3.8) is 0 Å². The van der Waals surface area contributed by atoms with Crippen LogP contribution >= 0.6 is 0 Å². The van der Waals surface area contributed by atoms with Crippen molar-refractivity contribution in [2.45, 2.75) is 297 Å². The van der Waals surface area contributed by atoms with Crippen molar-refractivity contribution >= 4 is 17.9 Å². The molecule has 1 atom stereocenters. The molecule has 0 aliphatic heterocycles. The van der Waals surface area contributed by atoms with E-state index >= 15 is 0 Å². The van der Waals surface area contributed by atoms with Gasteiger partial charge in [0.2, 0.25) is 0 Å². The van der Waals surface area contributed by atoms with Crippen molar-refractivity contribution in [2.75, 3.05) is 13.2 Å². The van der Waals surface area contributed by atoms with Gasteiger partial charge in [-0.1, -0.05) is 295 Å². The topological polar surface area (TPSA) is 78.9 Å². The summed E-state index contributed by atoms with van der Waals surface area (Å²) in [7, 11) is 0. The number of unbranched alkanes of at least 4 members (excludes halogenated alkanes) is 24. The van der Waals surface area contributed by atoms with Crippen LogP contribution in [-0.2, 0) is 28.6 Å². The van der Waals surface area contributed by atoms with E-state index in [1.807, 2.05) is 0 Å². The fraction of sp³-hybridized carbons (Fsp3) is 0.640. The second-order valence-corrected chi connectivity index (χ2v) is 21.6. The molecule has 0 aromatic heterocycles. The first-order valence-corrected chi connectivity index (χ1v) is 33.3. The van der Waals surface area contributed by atoms with Gasteiger partial charge in [-0.25, -0.2) is 0 Å². The van der Waals surface area contributed by atoms with Gasteiger partial charge in [-0.15, -0.1) is 0 Å². The van der Waals surface area contributed by atoms with Crippen LogP contribution in [0.25, 0.3) is 0 Å². The number of carbonyl (C=O) groups excluding carboxylic acids is 3. The van der Waals surface area contributed by atoms with Crippen LogP contribution in [0.3, 0.4) is 0 Å². The fourth-order valence-electron chi connectivity index (χ4n) is 8.84. The molecule has 0 rings (SSSR count). The molecule has 81 heavy (non-hydrogen) atoms. The highest BCUT2D eigenvalue weighted by Crippen LogP contribution is 2.15. The van der Waals surface area contributed by atoms with Gasteiger partial charge in [-0.05, 0) is 122 Å². The van der Waals surface area contributed by atoms with E-state index in [0.29, 0.717) is 19.3 Å². The molecule has 0 spiro atoms. The Morgan fingerprint density at radius 2 is 0.494 bits per heavy atom. The van der Waals surface area contributed by atoms with Gasteiger partial charge in [0, 0.05) is 19.3 Å². The minimum atomic E-state index is -0.800. The fourth-order valence-corrected chi connectivity index (χ4v) is 8.84. The highest BCUT2D eigenvalue weighted by Gasteiger charge is 2.19. The number of allylic oxidation sites excluding steroid dienone is 24. The zero-order valence-corrected chi connectivity index (χ0v) is 52.5. The predicted octanol–water partition coefficient (Wildman–Crippen LogP) is 23.1. The third-order valence-electron chi connectivity index (χ3n) is 13.8. The van der Waals surface area contributed by atoms with Crippen molar-refractivity contribution in [3.8, 4) is 0 Å². The van der Waals surface area contributed by atoms with E-state index in [0.717, 1.165) is 161 Å². The quantitative estimate of drug-likeness (QED) is 0.0261. The molecule has 0 amide bonds. The summed E-state index contributed by atoms with van der Waals surface area (Å²) in [5.41, 5.74) is 0. The maximum atomic E-state index is 12.9. The molecule has 0 saturated heterocycles. The van der Waals surface area contributed by atoms with E-state index in [2.05, 4.69) is 167 Å². The molecule has 0 radical (unpaired) electrons. The molecule has 1 unspecified atom stereocenters. The van der Waals surface area contributed by atoms with Gasteiger partial charge < -0.3 is 14.2 Å². The maximum absolute atomic E-state index is 12.9. The molecular formula is C75H122O6. The van der Waals surface area contributed by atoms with Crippen molar-refractivity contribution < 1.29 is 28.6 Å². The maximum Gasteiger partial charge on any atom is 0.306 e. The molecule has 0 aliphatic rings. The summed E-state index contributed by atoms with van der Waals surface area (Å²) in [6, 6.07) is 0. The van der Waals surface area contributed by atoms with Crippen molar-refractivity contribution in [3.05, 3.63) is 146 Å². The Bertz CT molecular complexity index is 1760. The second-order valence-electron chi connectivity index (χ2n) is 21.6. The summed E-state index contributed by atoms with van der Waals surface area (Å²) in [4.78, 5) is 38.3. The van der Waals surface area contributed by atoms with E-state index in [1.165, 1.54) is 89.9 Å². The monoisotopic (exact) mass is 1120 g/mol. The first kappa shape index (κ1) is 76.3. The Hall–Kier alpha value is -4.71. The van der Waals surface area contributed by atoms with E-state index in [1.54, 1.807) is 0 Å². The Balaban J connectivity index is 4.32.